The maximum Gasteiger partial charge on any atom is 0.0491 e. The van der Waals surface area contributed by atoms with Gasteiger partial charge in [-0.1, -0.05) is 60.7 Å². The largest absolute Gasteiger partial charge is 0.344 e. The summed E-state index contributed by atoms with van der Waals surface area (Å²) in [5, 5.41) is 5.29. The zero-order valence-corrected chi connectivity index (χ0v) is 21.8. The molecule has 0 aliphatic carbocycles. The summed E-state index contributed by atoms with van der Waals surface area (Å²) in [6.07, 6.45) is 0. The Kier molecular flexibility index (Phi) is 4.81. The molecule has 0 aliphatic heterocycles. The minimum Gasteiger partial charge on any atom is -0.344 e. The van der Waals surface area contributed by atoms with E-state index >= 15 is 0 Å². The molecule has 0 bridgehead atoms. The molecule has 0 fully saturated rings. The normalized spacial score (nSPS) is 11.9. The molecule has 5 aromatic carbocycles. The van der Waals surface area contributed by atoms with Gasteiger partial charge in [0.05, 0.1) is 0 Å². The first-order chi connectivity index (χ1) is 18.0. The quantitative estimate of drug-likeness (QED) is 0.239. The van der Waals surface area contributed by atoms with Crippen LogP contribution >= 0.6 is 0 Å². The van der Waals surface area contributed by atoms with Crippen molar-refractivity contribution in [2.75, 3.05) is 0 Å². The molecular formula is C35H30N2. The molecule has 180 valence electrons. The van der Waals surface area contributed by atoms with Gasteiger partial charge in [-0.3, -0.25) is 0 Å². The lowest BCUT2D eigenvalue weighted by atomic mass is 9.91. The molecule has 2 heteroatoms. The summed E-state index contributed by atoms with van der Waals surface area (Å²) in [5.74, 6) is 0. The SMILES string of the molecule is CCn1c2ccccc2c2cc(-c3cc(C)c(-c4ccc5c(c4)c4ccccc4n5C)cc3C)ccc21. The summed E-state index contributed by atoms with van der Waals surface area (Å²) in [5.41, 5.74) is 12.9. The van der Waals surface area contributed by atoms with Crippen LogP contribution in [0.3, 0.4) is 0 Å². The molecule has 7 rings (SSSR count). The highest BCUT2D eigenvalue weighted by atomic mass is 15.0. The Labute approximate surface area is 217 Å². The molecular weight excluding hydrogens is 448 g/mol. The third-order valence-corrected chi connectivity index (χ3v) is 8.20. The molecule has 0 aliphatic rings. The number of aryl methyl sites for hydroxylation is 4. The average molecular weight is 479 g/mol. The number of para-hydroxylation sites is 2. The molecule has 2 nitrogen and oxygen atoms in total. The van der Waals surface area contributed by atoms with E-state index in [1.165, 1.54) is 77.0 Å². The first kappa shape index (κ1) is 21.9. The Bertz CT molecular complexity index is 2000. The minimum absolute atomic E-state index is 0.969. The van der Waals surface area contributed by atoms with Gasteiger partial charge >= 0.3 is 0 Å². The fraction of sp³-hybridized carbons (Fsp3) is 0.143. The Morgan fingerprint density at radius 1 is 0.514 bits per heavy atom. The molecule has 0 spiro atoms. The summed E-state index contributed by atoms with van der Waals surface area (Å²) in [4.78, 5) is 0. The molecule has 0 saturated heterocycles. The third-order valence-electron chi connectivity index (χ3n) is 8.20. The van der Waals surface area contributed by atoms with Crippen molar-refractivity contribution in [3.8, 4) is 22.3 Å². The summed E-state index contributed by atoms with van der Waals surface area (Å²) in [6.45, 7) is 7.68. The van der Waals surface area contributed by atoms with Gasteiger partial charge in [0, 0.05) is 57.2 Å². The van der Waals surface area contributed by atoms with E-state index in [4.69, 9.17) is 0 Å². The van der Waals surface area contributed by atoms with Crippen molar-refractivity contribution in [3.63, 3.8) is 0 Å². The van der Waals surface area contributed by atoms with Crippen molar-refractivity contribution in [2.45, 2.75) is 27.3 Å². The first-order valence-corrected chi connectivity index (χ1v) is 13.2. The summed E-state index contributed by atoms with van der Waals surface area (Å²) < 4.78 is 4.71. The van der Waals surface area contributed by atoms with Crippen molar-refractivity contribution in [2.24, 2.45) is 7.05 Å². The fourth-order valence-corrected chi connectivity index (χ4v) is 6.34. The Morgan fingerprint density at radius 3 is 1.59 bits per heavy atom. The van der Waals surface area contributed by atoms with Gasteiger partial charge in [0.1, 0.15) is 0 Å². The van der Waals surface area contributed by atoms with Crippen molar-refractivity contribution < 1.29 is 0 Å². The highest BCUT2D eigenvalue weighted by Crippen LogP contribution is 2.38. The van der Waals surface area contributed by atoms with Crippen molar-refractivity contribution in [1.29, 1.82) is 0 Å². The topological polar surface area (TPSA) is 9.86 Å². The number of hydrogen-bond acceptors (Lipinski definition) is 0. The smallest absolute Gasteiger partial charge is 0.0491 e. The lowest BCUT2D eigenvalue weighted by Gasteiger charge is -2.14. The second-order valence-corrected chi connectivity index (χ2v) is 10.3. The van der Waals surface area contributed by atoms with Crippen molar-refractivity contribution >= 4 is 43.6 Å². The van der Waals surface area contributed by atoms with Crippen LogP contribution in [0.25, 0.3) is 65.9 Å². The number of aromatic nitrogens is 2. The van der Waals surface area contributed by atoms with Crippen LogP contribution in [0.4, 0.5) is 0 Å². The van der Waals surface area contributed by atoms with Crippen molar-refractivity contribution in [3.05, 3.63) is 108 Å². The van der Waals surface area contributed by atoms with Gasteiger partial charge in [0.15, 0.2) is 0 Å². The van der Waals surface area contributed by atoms with Crippen LogP contribution in [0.5, 0.6) is 0 Å². The summed E-state index contributed by atoms with van der Waals surface area (Å²) in [7, 11) is 2.16. The average Bonchev–Trinajstić information content (AvgIpc) is 3.41. The van der Waals surface area contributed by atoms with E-state index in [9.17, 15) is 0 Å². The number of rotatable bonds is 3. The van der Waals surface area contributed by atoms with Crippen LogP contribution in [0, 0.1) is 13.8 Å². The van der Waals surface area contributed by atoms with Crippen LogP contribution < -0.4 is 0 Å². The van der Waals surface area contributed by atoms with Crippen LogP contribution in [0.2, 0.25) is 0 Å². The molecule has 0 amide bonds. The van der Waals surface area contributed by atoms with Crippen LogP contribution in [0.1, 0.15) is 18.1 Å². The molecule has 2 heterocycles. The zero-order valence-electron chi connectivity index (χ0n) is 21.8. The molecule has 37 heavy (non-hydrogen) atoms. The standard InChI is InChI=1S/C35H30N2/c1-5-37-34-13-9-7-11-27(34)31-21-25(15-17-35(31)37)29-19-22(2)28(18-23(29)3)24-14-16-33-30(20-24)26-10-6-8-12-32(26)36(33)4/h6-21H,5H2,1-4H3. The van der Waals surface area contributed by atoms with E-state index in [1.54, 1.807) is 0 Å². The van der Waals surface area contributed by atoms with E-state index in [0.29, 0.717) is 0 Å². The van der Waals surface area contributed by atoms with Gasteiger partial charge in [0.25, 0.3) is 0 Å². The molecule has 0 saturated carbocycles. The van der Waals surface area contributed by atoms with E-state index in [0.717, 1.165) is 6.54 Å². The van der Waals surface area contributed by atoms with Crippen LogP contribution in [-0.2, 0) is 13.6 Å². The van der Waals surface area contributed by atoms with E-state index in [1.807, 2.05) is 0 Å². The Balaban J connectivity index is 1.38. The lowest BCUT2D eigenvalue weighted by Crippen LogP contribution is -1.93. The van der Waals surface area contributed by atoms with Gasteiger partial charge in [-0.15, -0.1) is 0 Å². The maximum absolute atomic E-state index is 2.42. The molecule has 0 N–H and O–H groups in total. The number of fused-ring (bicyclic) bond motifs is 6. The minimum atomic E-state index is 0.969. The molecule has 7 aromatic rings. The van der Waals surface area contributed by atoms with Crippen LogP contribution in [0.15, 0.2) is 97.1 Å². The van der Waals surface area contributed by atoms with Crippen LogP contribution in [-0.4, -0.2) is 9.13 Å². The van der Waals surface area contributed by atoms with E-state index < -0.39 is 0 Å². The second-order valence-electron chi connectivity index (χ2n) is 10.3. The fourth-order valence-electron chi connectivity index (χ4n) is 6.34. The summed E-state index contributed by atoms with van der Waals surface area (Å²) in [6, 6.07) is 36.1. The molecule has 0 radical (unpaired) electrons. The molecule has 0 unspecified atom stereocenters. The predicted molar refractivity (Wildman–Crippen MR) is 159 cm³/mol. The number of hydrogen-bond donors (Lipinski definition) is 0. The van der Waals surface area contributed by atoms with Gasteiger partial charge in [-0.2, -0.15) is 0 Å². The summed E-state index contributed by atoms with van der Waals surface area (Å²) >= 11 is 0. The lowest BCUT2D eigenvalue weighted by molar-refractivity contribution is 0.827. The number of nitrogens with zero attached hydrogens (tertiary/aromatic N) is 2. The number of benzene rings is 5. The van der Waals surface area contributed by atoms with E-state index in [2.05, 4.69) is 134 Å². The Morgan fingerprint density at radius 2 is 0.973 bits per heavy atom. The maximum atomic E-state index is 2.42. The highest BCUT2D eigenvalue weighted by molar-refractivity contribution is 6.10. The van der Waals surface area contributed by atoms with Gasteiger partial charge in [0.2, 0.25) is 0 Å². The highest BCUT2D eigenvalue weighted by Gasteiger charge is 2.14. The van der Waals surface area contributed by atoms with Gasteiger partial charge < -0.3 is 9.13 Å². The Hall–Kier alpha value is -4.30. The third kappa shape index (κ3) is 3.18. The molecule has 0 atom stereocenters. The monoisotopic (exact) mass is 478 g/mol. The van der Waals surface area contributed by atoms with E-state index in [-0.39, 0.29) is 0 Å². The zero-order chi connectivity index (χ0) is 25.3. The predicted octanol–water partition coefficient (Wildman–Crippen LogP) is 9.41. The van der Waals surface area contributed by atoms with Gasteiger partial charge in [-0.05, 0) is 90.6 Å². The van der Waals surface area contributed by atoms with Gasteiger partial charge in [-0.25, -0.2) is 0 Å². The molecule has 2 aromatic heterocycles. The van der Waals surface area contributed by atoms with Crippen molar-refractivity contribution in [1.82, 2.24) is 9.13 Å². The second kappa shape index (κ2) is 8.11. The first-order valence-electron chi connectivity index (χ1n) is 13.2.